The van der Waals surface area contributed by atoms with Crippen molar-refractivity contribution >= 4 is 23.2 Å². The highest BCUT2D eigenvalue weighted by atomic mass is 35.5. The van der Waals surface area contributed by atoms with Gasteiger partial charge in [0, 0.05) is 11.6 Å². The van der Waals surface area contributed by atoms with Gasteiger partial charge in [-0.1, -0.05) is 11.6 Å². The Morgan fingerprint density at radius 2 is 1.79 bits per heavy atom. The Bertz CT molecular complexity index is 1300. The summed E-state index contributed by atoms with van der Waals surface area (Å²) in [6.07, 6.45) is -4.61. The van der Waals surface area contributed by atoms with Gasteiger partial charge >= 0.3 is 6.18 Å². The molecule has 0 saturated carbocycles. The number of ether oxygens (including phenoxy) is 2. The van der Waals surface area contributed by atoms with E-state index in [2.05, 4.69) is 10.4 Å². The SMILES string of the molecule is CC(C)(C(=O)Nc1cc(C(F)(F)F)ccc1Cl)n1nc(-c2ccc3c(c2)OCO3)ccc1=O. The Morgan fingerprint density at radius 1 is 1.06 bits per heavy atom. The largest absolute Gasteiger partial charge is 0.454 e. The minimum atomic E-state index is -4.61. The van der Waals surface area contributed by atoms with Crippen LogP contribution < -0.4 is 20.3 Å². The van der Waals surface area contributed by atoms with Crippen LogP contribution in [0.4, 0.5) is 18.9 Å². The average Bonchev–Trinajstić information content (AvgIpc) is 3.22. The van der Waals surface area contributed by atoms with Crippen molar-refractivity contribution < 1.29 is 27.4 Å². The first kappa shape index (κ1) is 22.7. The molecule has 0 bridgehead atoms. The Morgan fingerprint density at radius 3 is 2.52 bits per heavy atom. The van der Waals surface area contributed by atoms with E-state index in [9.17, 15) is 22.8 Å². The molecule has 0 aliphatic carbocycles. The van der Waals surface area contributed by atoms with Gasteiger partial charge in [0.2, 0.25) is 6.79 Å². The second-order valence-corrected chi connectivity index (χ2v) is 8.15. The van der Waals surface area contributed by atoms with E-state index in [1.54, 1.807) is 18.2 Å². The summed E-state index contributed by atoms with van der Waals surface area (Å²) in [6.45, 7) is 2.93. The van der Waals surface area contributed by atoms with Crippen molar-refractivity contribution in [2.24, 2.45) is 0 Å². The normalized spacial score (nSPS) is 13.2. The maximum Gasteiger partial charge on any atom is 0.416 e. The van der Waals surface area contributed by atoms with Crippen molar-refractivity contribution in [1.82, 2.24) is 9.78 Å². The molecule has 3 aromatic rings. The van der Waals surface area contributed by atoms with E-state index < -0.39 is 28.7 Å². The molecule has 2 heterocycles. The first-order valence-corrected chi connectivity index (χ1v) is 10.0. The van der Waals surface area contributed by atoms with Gasteiger partial charge in [-0.3, -0.25) is 9.59 Å². The Kier molecular flexibility index (Phi) is 5.57. The van der Waals surface area contributed by atoms with E-state index in [0.29, 0.717) is 22.8 Å². The first-order valence-electron chi connectivity index (χ1n) is 9.66. The number of nitrogens with one attached hydrogen (secondary N) is 1. The summed E-state index contributed by atoms with van der Waals surface area (Å²) in [4.78, 5) is 25.6. The molecule has 11 heteroatoms. The summed E-state index contributed by atoms with van der Waals surface area (Å²) >= 11 is 5.98. The maximum absolute atomic E-state index is 13.0. The molecule has 1 aromatic heterocycles. The third-order valence-corrected chi connectivity index (χ3v) is 5.43. The van der Waals surface area contributed by atoms with Gasteiger partial charge in [0.05, 0.1) is 22.0 Å². The molecular formula is C22H17ClF3N3O4. The van der Waals surface area contributed by atoms with Gasteiger partial charge < -0.3 is 14.8 Å². The summed E-state index contributed by atoms with van der Waals surface area (Å²) < 4.78 is 50.7. The van der Waals surface area contributed by atoms with E-state index in [0.717, 1.165) is 22.9 Å². The average molecular weight is 480 g/mol. The Hall–Kier alpha value is -3.53. The lowest BCUT2D eigenvalue weighted by Crippen LogP contribution is -2.47. The molecule has 0 spiro atoms. The number of amides is 1. The quantitative estimate of drug-likeness (QED) is 0.587. The molecule has 1 aliphatic heterocycles. The number of hydrogen-bond donors (Lipinski definition) is 1. The lowest BCUT2D eigenvalue weighted by atomic mass is 10.0. The highest BCUT2D eigenvalue weighted by molar-refractivity contribution is 6.33. The number of anilines is 1. The standard InChI is InChI=1S/C22H17ClF3N3O4/c1-21(2,20(31)27-16-10-13(22(24,25)26)4-5-14(16)23)29-19(30)8-6-15(28-29)12-3-7-17-18(9-12)33-11-32-17/h3-10H,11H2,1-2H3,(H,27,31). The predicted molar refractivity (Wildman–Crippen MR) is 114 cm³/mol. The number of benzene rings is 2. The second-order valence-electron chi connectivity index (χ2n) is 7.74. The van der Waals surface area contributed by atoms with E-state index >= 15 is 0 Å². The van der Waals surface area contributed by atoms with E-state index in [4.69, 9.17) is 21.1 Å². The number of fused-ring (bicyclic) bond motifs is 1. The van der Waals surface area contributed by atoms with Gasteiger partial charge in [0.1, 0.15) is 5.54 Å². The molecule has 1 aliphatic rings. The number of halogens is 4. The van der Waals surface area contributed by atoms with Crippen LogP contribution in [0.5, 0.6) is 11.5 Å². The third-order valence-electron chi connectivity index (χ3n) is 5.10. The van der Waals surface area contributed by atoms with Crippen molar-refractivity contribution in [2.75, 3.05) is 12.1 Å². The molecule has 172 valence electrons. The van der Waals surface area contributed by atoms with Crippen molar-refractivity contribution in [3.8, 4) is 22.8 Å². The van der Waals surface area contributed by atoms with E-state index in [-0.39, 0.29) is 17.5 Å². The summed E-state index contributed by atoms with van der Waals surface area (Å²) in [5.41, 5.74) is -2.35. The van der Waals surface area contributed by atoms with E-state index in [1.807, 2.05) is 0 Å². The number of carbonyl (C=O) groups excluding carboxylic acids is 1. The lowest BCUT2D eigenvalue weighted by Gasteiger charge is -2.26. The second kappa shape index (κ2) is 8.11. The van der Waals surface area contributed by atoms with Crippen LogP contribution in [0.3, 0.4) is 0 Å². The fraction of sp³-hybridized carbons (Fsp3) is 0.227. The summed E-state index contributed by atoms with van der Waals surface area (Å²) in [6, 6.07) is 10.4. The summed E-state index contributed by atoms with van der Waals surface area (Å²) in [5, 5.41) is 6.61. The van der Waals surface area contributed by atoms with Crippen molar-refractivity contribution in [1.29, 1.82) is 0 Å². The number of aromatic nitrogens is 2. The van der Waals surface area contributed by atoms with Crippen molar-refractivity contribution in [2.45, 2.75) is 25.6 Å². The number of hydrogen-bond acceptors (Lipinski definition) is 5. The van der Waals surface area contributed by atoms with Gasteiger partial charge in [0.25, 0.3) is 11.5 Å². The van der Waals surface area contributed by atoms with Gasteiger partial charge in [-0.2, -0.15) is 18.3 Å². The highest BCUT2D eigenvalue weighted by Crippen LogP contribution is 2.36. The Balaban J connectivity index is 1.67. The molecule has 4 rings (SSSR count). The molecule has 2 aromatic carbocycles. The first-order chi connectivity index (χ1) is 15.5. The zero-order valence-electron chi connectivity index (χ0n) is 17.4. The summed E-state index contributed by atoms with van der Waals surface area (Å²) in [5.74, 6) is 0.314. The van der Waals surface area contributed by atoms with Crippen molar-refractivity contribution in [3.63, 3.8) is 0 Å². The zero-order chi connectivity index (χ0) is 24.0. The monoisotopic (exact) mass is 479 g/mol. The van der Waals surface area contributed by atoms with Gasteiger partial charge in [-0.25, -0.2) is 4.68 Å². The molecule has 1 amide bonds. The molecule has 0 unspecified atom stereocenters. The number of carbonyl (C=O) groups is 1. The van der Waals surface area contributed by atoms with Gasteiger partial charge in [-0.05, 0) is 56.3 Å². The fourth-order valence-corrected chi connectivity index (χ4v) is 3.36. The van der Waals surface area contributed by atoms with Crippen LogP contribution in [0, 0.1) is 0 Å². The van der Waals surface area contributed by atoms with Crippen LogP contribution in [0.2, 0.25) is 5.02 Å². The van der Waals surface area contributed by atoms with Crippen LogP contribution in [0.1, 0.15) is 19.4 Å². The molecule has 0 radical (unpaired) electrons. The molecule has 0 atom stereocenters. The van der Waals surface area contributed by atoms with Gasteiger partial charge in [-0.15, -0.1) is 0 Å². The zero-order valence-corrected chi connectivity index (χ0v) is 18.1. The number of rotatable bonds is 4. The highest BCUT2D eigenvalue weighted by Gasteiger charge is 2.34. The van der Waals surface area contributed by atoms with Crippen LogP contribution in [0.15, 0.2) is 53.3 Å². The third kappa shape index (κ3) is 4.38. The smallest absolute Gasteiger partial charge is 0.416 e. The molecular weight excluding hydrogens is 463 g/mol. The fourth-order valence-electron chi connectivity index (χ4n) is 3.19. The van der Waals surface area contributed by atoms with Crippen molar-refractivity contribution in [3.05, 3.63) is 69.5 Å². The molecule has 1 N–H and O–H groups in total. The van der Waals surface area contributed by atoms with Crippen LogP contribution in [0.25, 0.3) is 11.3 Å². The maximum atomic E-state index is 13.0. The number of nitrogens with zero attached hydrogens (tertiary/aromatic N) is 2. The van der Waals surface area contributed by atoms with Gasteiger partial charge in [0.15, 0.2) is 11.5 Å². The predicted octanol–water partition coefficient (Wildman–Crippen LogP) is 4.69. The minimum Gasteiger partial charge on any atom is -0.454 e. The molecule has 33 heavy (non-hydrogen) atoms. The van der Waals surface area contributed by atoms with Crippen LogP contribution in [-0.2, 0) is 16.5 Å². The molecule has 0 fully saturated rings. The lowest BCUT2D eigenvalue weighted by molar-refractivity contribution is -0.137. The number of alkyl halides is 3. The van der Waals surface area contributed by atoms with Crippen LogP contribution in [-0.4, -0.2) is 22.5 Å². The van der Waals surface area contributed by atoms with E-state index in [1.165, 1.54) is 26.0 Å². The molecule has 7 nitrogen and oxygen atoms in total. The molecule has 0 saturated heterocycles. The van der Waals surface area contributed by atoms with Crippen LogP contribution >= 0.6 is 11.6 Å². The summed E-state index contributed by atoms with van der Waals surface area (Å²) in [7, 11) is 0. The Labute approximate surface area is 190 Å². The minimum absolute atomic E-state index is 0.0819. The topological polar surface area (TPSA) is 82.5 Å².